The third-order valence-electron chi connectivity index (χ3n) is 7.05. The second-order valence-electron chi connectivity index (χ2n) is 9.64. The maximum absolute atomic E-state index is 12.9. The molecule has 3 aliphatic heterocycles. The topological polar surface area (TPSA) is 188 Å². The summed E-state index contributed by atoms with van der Waals surface area (Å²) in [6.45, 7) is 0. The van der Waals surface area contributed by atoms with Crippen LogP contribution in [0.3, 0.4) is 0 Å². The van der Waals surface area contributed by atoms with Crippen LogP contribution in [0.4, 0.5) is 0 Å². The van der Waals surface area contributed by atoms with Crippen molar-refractivity contribution in [3.8, 4) is 0 Å². The summed E-state index contributed by atoms with van der Waals surface area (Å²) in [6.07, 6.45) is 0.997. The average molecular weight is 613 g/mol. The van der Waals surface area contributed by atoms with Crippen LogP contribution in [0.5, 0.6) is 0 Å². The van der Waals surface area contributed by atoms with Crippen LogP contribution in [0.15, 0.2) is 65.0 Å². The fourth-order valence-corrected chi connectivity index (χ4v) is 7.43. The minimum atomic E-state index is -1.47. The Morgan fingerprint density at radius 1 is 1.07 bits per heavy atom. The van der Waals surface area contributed by atoms with E-state index in [9.17, 15) is 44.2 Å². The highest BCUT2D eigenvalue weighted by molar-refractivity contribution is 8.01. The largest absolute Gasteiger partial charge is 0.618 e. The molecule has 5 rings (SSSR count). The highest BCUT2D eigenvalue weighted by Gasteiger charge is 2.54. The van der Waals surface area contributed by atoms with Crippen LogP contribution in [-0.2, 0) is 19.2 Å². The van der Waals surface area contributed by atoms with Crippen molar-refractivity contribution in [2.45, 2.75) is 41.7 Å². The van der Waals surface area contributed by atoms with Gasteiger partial charge in [-0.2, -0.15) is 4.73 Å². The maximum Gasteiger partial charge on any atom is 0.352 e. The number of carboxylic acids is 2. The van der Waals surface area contributed by atoms with Crippen LogP contribution in [-0.4, -0.2) is 84.5 Å². The summed E-state index contributed by atoms with van der Waals surface area (Å²) in [7, 11) is 0. The number of carboxylic acid groups (broad SMARTS) is 2. The van der Waals surface area contributed by atoms with Gasteiger partial charge < -0.3 is 20.7 Å². The first-order chi connectivity index (χ1) is 20.1. The number of thioether (sulfide) groups is 2. The monoisotopic (exact) mass is 612 g/mol. The van der Waals surface area contributed by atoms with Crippen LogP contribution in [0.1, 0.15) is 40.0 Å². The van der Waals surface area contributed by atoms with Crippen molar-refractivity contribution in [3.05, 3.63) is 76.3 Å². The number of aromatic nitrogens is 1. The van der Waals surface area contributed by atoms with Crippen LogP contribution in [0, 0.1) is 5.21 Å². The summed E-state index contributed by atoms with van der Waals surface area (Å²) < 4.78 is 0.670. The number of carbonyl (C=O) groups excluding carboxylic acids is 4. The summed E-state index contributed by atoms with van der Waals surface area (Å²) in [5.41, 5.74) is 0.550. The maximum atomic E-state index is 12.9. The van der Waals surface area contributed by atoms with Gasteiger partial charge in [0.15, 0.2) is 6.20 Å². The minimum Gasteiger partial charge on any atom is -0.618 e. The fourth-order valence-electron chi connectivity index (χ4n) is 5.04. The lowest BCUT2D eigenvalue weighted by Gasteiger charge is -2.49. The van der Waals surface area contributed by atoms with Gasteiger partial charge in [-0.25, -0.2) is 9.59 Å². The summed E-state index contributed by atoms with van der Waals surface area (Å²) in [6, 6.07) is 8.48. The Morgan fingerprint density at radius 2 is 1.74 bits per heavy atom. The van der Waals surface area contributed by atoms with Gasteiger partial charge >= 0.3 is 11.9 Å². The van der Waals surface area contributed by atoms with Crippen LogP contribution >= 0.6 is 23.5 Å². The van der Waals surface area contributed by atoms with Gasteiger partial charge in [-0.05, 0) is 36.6 Å². The molecule has 4 amide bonds. The second kappa shape index (κ2) is 11.9. The van der Waals surface area contributed by atoms with Crippen molar-refractivity contribution in [1.82, 2.24) is 15.1 Å². The van der Waals surface area contributed by atoms with Crippen molar-refractivity contribution >= 4 is 59.1 Å². The van der Waals surface area contributed by atoms with Gasteiger partial charge in [-0.3, -0.25) is 29.0 Å². The van der Waals surface area contributed by atoms with E-state index in [2.05, 4.69) is 5.32 Å². The van der Waals surface area contributed by atoms with E-state index < -0.39 is 53.0 Å². The molecule has 0 aliphatic carbocycles. The molecular formula is C27H24N4O9S2. The molecule has 1 aromatic heterocycles. The molecule has 0 spiro atoms. The molecule has 0 radical (unpaired) electrons. The van der Waals surface area contributed by atoms with Crippen LogP contribution < -0.4 is 10.0 Å². The van der Waals surface area contributed by atoms with E-state index in [0.717, 1.165) is 16.7 Å². The number of β-lactam (4-membered cyclic amide) rings is 1. The number of fused-ring (bicyclic) bond motifs is 2. The van der Waals surface area contributed by atoms with Crippen LogP contribution in [0.25, 0.3) is 0 Å². The van der Waals surface area contributed by atoms with Gasteiger partial charge in [-0.1, -0.05) is 23.9 Å². The van der Waals surface area contributed by atoms with Gasteiger partial charge in [0.1, 0.15) is 23.2 Å². The molecule has 1 saturated heterocycles. The Morgan fingerprint density at radius 3 is 2.36 bits per heavy atom. The van der Waals surface area contributed by atoms with Crippen molar-refractivity contribution in [2.24, 2.45) is 0 Å². The zero-order chi connectivity index (χ0) is 30.1. The van der Waals surface area contributed by atoms with E-state index in [1.807, 2.05) is 0 Å². The first-order valence-corrected chi connectivity index (χ1v) is 14.8. The molecule has 0 saturated carbocycles. The van der Waals surface area contributed by atoms with E-state index in [-0.39, 0.29) is 47.6 Å². The molecule has 1 fully saturated rings. The van der Waals surface area contributed by atoms with Crippen molar-refractivity contribution in [2.75, 3.05) is 11.5 Å². The number of pyridine rings is 1. The molecule has 1 aromatic carbocycles. The average Bonchev–Trinajstić information content (AvgIpc) is 3.22. The third-order valence-corrected chi connectivity index (χ3v) is 9.50. The molecule has 1 unspecified atom stereocenters. The molecule has 3 atom stereocenters. The zero-order valence-electron chi connectivity index (χ0n) is 21.8. The number of nitrogens with one attached hydrogen (secondary N) is 1. The van der Waals surface area contributed by atoms with Crippen molar-refractivity contribution in [1.29, 1.82) is 0 Å². The summed E-state index contributed by atoms with van der Waals surface area (Å²) in [5.74, 6) is -4.76. The highest BCUT2D eigenvalue weighted by atomic mass is 32.2. The number of rotatable bonds is 11. The van der Waals surface area contributed by atoms with Gasteiger partial charge in [0.05, 0.1) is 11.1 Å². The predicted octanol–water partition coefficient (Wildman–Crippen LogP) is 1.07. The lowest BCUT2D eigenvalue weighted by molar-refractivity contribution is -0.645. The molecule has 0 bridgehead atoms. The van der Waals surface area contributed by atoms with Crippen molar-refractivity contribution < 1.29 is 43.7 Å². The summed E-state index contributed by atoms with van der Waals surface area (Å²) >= 11 is 2.45. The normalized spacial score (nSPS) is 20.1. The molecular weight excluding hydrogens is 588 g/mol. The Labute approximate surface area is 247 Å². The Balaban J connectivity index is 1.17. The zero-order valence-corrected chi connectivity index (χ0v) is 23.4. The van der Waals surface area contributed by atoms with Gasteiger partial charge in [-0.15, -0.1) is 11.8 Å². The van der Waals surface area contributed by atoms with Gasteiger partial charge in [0.25, 0.3) is 22.7 Å². The van der Waals surface area contributed by atoms with Gasteiger partial charge in [0, 0.05) is 30.1 Å². The number of hydrogen-bond donors (Lipinski definition) is 3. The van der Waals surface area contributed by atoms with Crippen molar-refractivity contribution in [3.63, 3.8) is 0 Å². The van der Waals surface area contributed by atoms with E-state index >= 15 is 0 Å². The lowest BCUT2D eigenvalue weighted by atomic mass is 10.0. The molecule has 4 heterocycles. The number of amides is 4. The summed E-state index contributed by atoms with van der Waals surface area (Å²) in [4.78, 5) is 76.8. The molecule has 2 aromatic rings. The number of benzene rings is 1. The standard InChI is InChI=1S/C27H24N4O9S2/c32-18(9-5-8-17(26(36)37)30-22(33)15-6-1-2-7-16(15)23(30)34)28-20-24(35)31-21(27(38)39)14(13-42-25(20)31)12-41-19-10-3-4-11-29(19)40/h1-4,6-7,10-11,17,20,25H,5,8-9,12-13H2,(H,28,32)(H,36,37)(H,38,39)/t17?,20-,25-/m0/s1. The second-order valence-corrected chi connectivity index (χ2v) is 11.7. The number of carbonyl (C=O) groups is 6. The Hall–Kier alpha value is -4.37. The fraction of sp³-hybridized carbons (Fsp3) is 0.296. The van der Waals surface area contributed by atoms with E-state index in [4.69, 9.17) is 0 Å². The van der Waals surface area contributed by atoms with E-state index in [0.29, 0.717) is 20.2 Å². The predicted molar refractivity (Wildman–Crippen MR) is 148 cm³/mol. The first-order valence-electron chi connectivity index (χ1n) is 12.8. The minimum absolute atomic E-state index is 0.0134. The molecule has 218 valence electrons. The smallest absolute Gasteiger partial charge is 0.352 e. The third kappa shape index (κ3) is 5.32. The summed E-state index contributed by atoms with van der Waals surface area (Å²) in [5, 5.41) is 33.8. The Kier molecular flexibility index (Phi) is 8.22. The molecule has 42 heavy (non-hydrogen) atoms. The first kappa shape index (κ1) is 29.1. The molecule has 3 N–H and O–H groups in total. The molecule has 15 heteroatoms. The van der Waals surface area contributed by atoms with E-state index in [1.54, 1.807) is 30.3 Å². The van der Waals surface area contributed by atoms with E-state index in [1.165, 1.54) is 30.1 Å². The number of nitrogens with zero attached hydrogens (tertiary/aromatic N) is 3. The number of hydrogen-bond acceptors (Lipinski definition) is 9. The molecule has 3 aliphatic rings. The number of imide groups is 1. The quantitative estimate of drug-likeness (QED) is 0.108. The van der Waals surface area contributed by atoms with Crippen LogP contribution in [0.2, 0.25) is 0 Å². The van der Waals surface area contributed by atoms with Gasteiger partial charge in [0.2, 0.25) is 5.91 Å². The Bertz CT molecular complexity index is 1510. The molecule has 13 nitrogen and oxygen atoms in total. The SMILES string of the molecule is O=C(CCCC(C(=O)O)N1C(=O)c2ccccc2C1=O)N[C@H]1C(=O)N2C(C(=O)O)=C(CSc3cccc[n+]3[O-])CS[C@@H]12. The number of aliphatic carboxylic acids is 2. The lowest BCUT2D eigenvalue weighted by Crippen LogP contribution is -2.70. The highest BCUT2D eigenvalue weighted by Crippen LogP contribution is 2.41.